The molecule has 16 heteroatoms. The van der Waals surface area contributed by atoms with Crippen LogP contribution in [0.5, 0.6) is 0 Å². The van der Waals surface area contributed by atoms with E-state index >= 15 is 0 Å². The van der Waals surface area contributed by atoms with E-state index in [-0.39, 0.29) is 23.2 Å². The number of fused-ring (bicyclic) bond motifs is 4. The molecule has 308 valence electrons. The van der Waals surface area contributed by atoms with Crippen LogP contribution >= 0.6 is 0 Å². The van der Waals surface area contributed by atoms with Crippen molar-refractivity contribution in [1.82, 2.24) is 48.7 Å². The molecule has 0 fully saturated rings. The topological polar surface area (TPSA) is 176 Å². The van der Waals surface area contributed by atoms with Crippen LogP contribution in [-0.4, -0.2) is 48.7 Å². The molecule has 0 saturated carbocycles. The summed E-state index contributed by atoms with van der Waals surface area (Å²) in [5.41, 5.74) is 7.45. The second kappa shape index (κ2) is 16.8. The minimum absolute atomic E-state index is 0.223. The highest BCUT2D eigenvalue weighted by molar-refractivity contribution is 5.84. The number of imidazole rings is 2. The fourth-order valence-corrected chi connectivity index (χ4v) is 7.73. The quantitative estimate of drug-likeness (QED) is 0.104. The van der Waals surface area contributed by atoms with E-state index in [0.29, 0.717) is 69.0 Å². The number of H-pyrrole nitrogens is 2. The van der Waals surface area contributed by atoms with Gasteiger partial charge in [0.1, 0.15) is 35.3 Å². The molecule has 2 aromatic carbocycles. The largest absolute Gasteiger partial charge is 0.361 e. The number of aromatic nitrogens is 10. The summed E-state index contributed by atoms with van der Waals surface area (Å²) < 4.78 is 30.5. The van der Waals surface area contributed by atoms with Crippen LogP contribution in [-0.2, 0) is 0 Å². The smallest absolute Gasteiger partial charge is 0.263 e. The lowest BCUT2D eigenvalue weighted by Crippen LogP contribution is -2.22. The Balaban J connectivity index is 0.000000158. The zero-order valence-electron chi connectivity index (χ0n) is 33.4. The average Bonchev–Trinajstić information content (AvgIpc) is 4.00. The van der Waals surface area contributed by atoms with Crippen LogP contribution in [0, 0.1) is 11.6 Å². The third-order valence-corrected chi connectivity index (χ3v) is 10.7. The Morgan fingerprint density at radius 2 is 0.984 bits per heavy atom. The number of anilines is 2. The summed E-state index contributed by atoms with van der Waals surface area (Å²) in [5.74, 6) is 0.281. The molecule has 0 aliphatic rings. The molecule has 0 spiro atoms. The molecule has 10 rings (SSSR count). The number of aromatic amines is 2. The molecule has 0 saturated heterocycles. The number of nitrogens with zero attached hydrogens (tertiary/aromatic N) is 8. The van der Waals surface area contributed by atoms with Crippen molar-refractivity contribution in [2.45, 2.75) is 38.8 Å². The van der Waals surface area contributed by atoms with Crippen LogP contribution < -0.4 is 21.8 Å². The van der Waals surface area contributed by atoms with Crippen LogP contribution in [0.4, 0.5) is 20.4 Å². The van der Waals surface area contributed by atoms with Crippen molar-refractivity contribution in [1.29, 1.82) is 0 Å². The summed E-state index contributed by atoms with van der Waals surface area (Å²) in [7, 11) is 0. The maximum absolute atomic E-state index is 13.9. The van der Waals surface area contributed by atoms with Crippen molar-refractivity contribution in [3.05, 3.63) is 178 Å². The summed E-state index contributed by atoms with van der Waals surface area (Å²) in [5, 5.41) is 6.89. The molecule has 0 aliphatic carbocycles. The predicted molar refractivity (Wildman–Crippen MR) is 235 cm³/mol. The Morgan fingerprint density at radius 1 is 0.565 bits per heavy atom. The average molecular weight is 829 g/mol. The number of benzene rings is 2. The van der Waals surface area contributed by atoms with E-state index in [0.717, 1.165) is 22.3 Å². The second-order valence-electron chi connectivity index (χ2n) is 14.4. The van der Waals surface area contributed by atoms with Gasteiger partial charge in [-0.25, -0.2) is 38.7 Å². The van der Waals surface area contributed by atoms with Crippen molar-refractivity contribution in [2.75, 3.05) is 10.6 Å². The highest BCUT2D eigenvalue weighted by atomic mass is 19.1. The van der Waals surface area contributed by atoms with Gasteiger partial charge in [0, 0.05) is 23.4 Å². The zero-order chi connectivity index (χ0) is 42.7. The molecule has 0 amide bonds. The van der Waals surface area contributed by atoms with Crippen molar-refractivity contribution < 1.29 is 8.78 Å². The van der Waals surface area contributed by atoms with Crippen LogP contribution in [0.15, 0.2) is 144 Å². The highest BCUT2D eigenvalue weighted by Gasteiger charge is 2.23. The van der Waals surface area contributed by atoms with Gasteiger partial charge in [-0.2, -0.15) is 0 Å². The van der Waals surface area contributed by atoms with Crippen LogP contribution in [0.2, 0.25) is 0 Å². The Morgan fingerprint density at radius 3 is 1.39 bits per heavy atom. The lowest BCUT2D eigenvalue weighted by Gasteiger charge is -2.22. The van der Waals surface area contributed by atoms with E-state index in [4.69, 9.17) is 0 Å². The highest BCUT2D eigenvalue weighted by Crippen LogP contribution is 2.33. The van der Waals surface area contributed by atoms with Crippen molar-refractivity contribution in [2.24, 2.45) is 0 Å². The molecule has 0 bridgehead atoms. The first-order valence-corrected chi connectivity index (χ1v) is 19.9. The number of hydrogen-bond acceptors (Lipinski definition) is 10. The summed E-state index contributed by atoms with van der Waals surface area (Å²) in [6.45, 7) is 4.06. The number of hydrogen-bond donors (Lipinski definition) is 4. The maximum Gasteiger partial charge on any atom is 0.263 e. The van der Waals surface area contributed by atoms with Crippen molar-refractivity contribution in [3.63, 3.8) is 0 Å². The van der Waals surface area contributed by atoms with Gasteiger partial charge in [0.15, 0.2) is 22.9 Å². The van der Waals surface area contributed by atoms with Gasteiger partial charge in [0.05, 0.1) is 35.9 Å². The number of nitrogens with one attached hydrogen (secondary N) is 4. The summed E-state index contributed by atoms with van der Waals surface area (Å²) in [6, 6.07) is 28.2. The Kier molecular flexibility index (Phi) is 10.7. The maximum atomic E-state index is 13.9. The van der Waals surface area contributed by atoms with Crippen LogP contribution in [0.1, 0.15) is 49.9 Å². The minimum Gasteiger partial charge on any atom is -0.361 e. The predicted octanol–water partition coefficient (Wildman–Crippen LogP) is 8.67. The molecule has 0 aliphatic heterocycles. The second-order valence-corrected chi connectivity index (χ2v) is 14.4. The minimum atomic E-state index is -0.464. The first kappa shape index (κ1) is 39.3. The Bertz CT molecular complexity index is 3110. The lowest BCUT2D eigenvalue weighted by atomic mass is 9.94. The Hall–Kier alpha value is -8.14. The van der Waals surface area contributed by atoms with E-state index in [1.54, 1.807) is 24.8 Å². The fourth-order valence-electron chi connectivity index (χ4n) is 7.73. The van der Waals surface area contributed by atoms with Gasteiger partial charge in [0.25, 0.3) is 11.1 Å². The zero-order valence-corrected chi connectivity index (χ0v) is 33.4. The summed E-state index contributed by atoms with van der Waals surface area (Å²) in [6.07, 6.45) is 9.87. The number of pyridine rings is 4. The van der Waals surface area contributed by atoms with E-state index in [1.165, 1.54) is 46.0 Å². The molecule has 14 nitrogen and oxygen atoms in total. The molecule has 4 N–H and O–H groups in total. The standard InChI is InChI=1S/2C23H19FN6O/c2*1-2-18(29-22-20-21(26-12-25-20)27-13-28-22)17-10-16-9-8-15(24)11-30(16)23(31)19(17)14-6-4-3-5-7-14/h2*3-13,18H,2H2,1H3,(H2,25,26,27,28,29)/t2*18-/m10/s1. The first-order chi connectivity index (χ1) is 30.3. The van der Waals surface area contributed by atoms with Crippen molar-refractivity contribution >= 4 is 45.0 Å². The van der Waals surface area contributed by atoms with E-state index in [9.17, 15) is 18.4 Å². The monoisotopic (exact) mass is 828 g/mol. The van der Waals surface area contributed by atoms with Crippen molar-refractivity contribution in [3.8, 4) is 22.3 Å². The molecular formula is C46H38F2N12O2. The molecule has 8 heterocycles. The van der Waals surface area contributed by atoms with E-state index < -0.39 is 11.6 Å². The first-order valence-electron chi connectivity index (χ1n) is 19.9. The third-order valence-electron chi connectivity index (χ3n) is 10.7. The van der Waals surface area contributed by atoms with Gasteiger partial charge in [-0.1, -0.05) is 74.5 Å². The molecule has 0 radical (unpaired) electrons. The number of halogens is 2. The van der Waals surface area contributed by atoms with E-state index in [2.05, 4.69) is 50.5 Å². The van der Waals surface area contributed by atoms with Crippen LogP contribution in [0.3, 0.4) is 0 Å². The molecule has 8 aromatic heterocycles. The SMILES string of the molecule is CC[C@@H](Nc1ncnc2nc[nH]c12)c1cc2ccc(F)cn2c(=O)c1-c1ccccc1.CC[C@H](Nc1ncnc2nc[nH]c12)c1cc2ccc(F)cn2c(=O)c1-c1ccccc1. The summed E-state index contributed by atoms with van der Waals surface area (Å²) in [4.78, 5) is 58.5. The summed E-state index contributed by atoms with van der Waals surface area (Å²) >= 11 is 0. The van der Waals surface area contributed by atoms with Gasteiger partial charge in [-0.05, 0) is 71.5 Å². The van der Waals surface area contributed by atoms with Gasteiger partial charge in [0.2, 0.25) is 0 Å². The molecule has 62 heavy (non-hydrogen) atoms. The Labute approximate surface area is 351 Å². The lowest BCUT2D eigenvalue weighted by molar-refractivity contribution is 0.617. The van der Waals surface area contributed by atoms with Crippen LogP contribution in [0.25, 0.3) is 55.6 Å². The molecular weight excluding hydrogens is 791 g/mol. The molecule has 0 unspecified atom stereocenters. The molecule has 2 atom stereocenters. The van der Waals surface area contributed by atoms with Gasteiger partial charge >= 0.3 is 0 Å². The number of rotatable bonds is 10. The van der Waals surface area contributed by atoms with Gasteiger partial charge < -0.3 is 20.6 Å². The fraction of sp³-hybridized carbons (Fsp3) is 0.130. The third kappa shape index (κ3) is 7.49. The van der Waals surface area contributed by atoms with E-state index in [1.807, 2.05) is 86.6 Å². The van der Waals surface area contributed by atoms with Gasteiger partial charge in [-0.15, -0.1) is 0 Å². The normalized spacial score (nSPS) is 12.3. The van der Waals surface area contributed by atoms with Gasteiger partial charge in [-0.3, -0.25) is 18.4 Å². The molecule has 10 aromatic rings.